The van der Waals surface area contributed by atoms with Gasteiger partial charge in [0.25, 0.3) is 0 Å². The smallest absolute Gasteiger partial charge is 0.242 e. The molecule has 1 amide bonds. The van der Waals surface area contributed by atoms with E-state index in [2.05, 4.69) is 31.0 Å². The summed E-state index contributed by atoms with van der Waals surface area (Å²) >= 11 is 5.99. The molecule has 3 rings (SSSR count). The summed E-state index contributed by atoms with van der Waals surface area (Å²) in [6, 6.07) is 8.14. The molecule has 1 aromatic rings. The number of benzene rings is 1. The second-order valence-corrected chi connectivity index (χ2v) is 9.19. The van der Waals surface area contributed by atoms with Crippen LogP contribution in [0.3, 0.4) is 0 Å². The van der Waals surface area contributed by atoms with Gasteiger partial charge < -0.3 is 10.2 Å². The predicted octanol–water partition coefficient (Wildman–Crippen LogP) is 5.03. The maximum Gasteiger partial charge on any atom is 0.242 e. The second kappa shape index (κ2) is 7.57. The van der Waals surface area contributed by atoms with Gasteiger partial charge in [0.05, 0.1) is 0 Å². The molecule has 1 aliphatic heterocycles. The Labute approximate surface area is 157 Å². The molecule has 3 nitrogen and oxygen atoms in total. The van der Waals surface area contributed by atoms with Gasteiger partial charge in [0.15, 0.2) is 0 Å². The number of rotatable bonds is 3. The Hall–Kier alpha value is -1.22. The average Bonchev–Trinajstić information content (AvgIpc) is 3.05. The van der Waals surface area contributed by atoms with Crippen molar-refractivity contribution in [2.45, 2.75) is 71.4 Å². The Bertz CT molecular complexity index is 585. The van der Waals surface area contributed by atoms with Crippen molar-refractivity contribution in [1.29, 1.82) is 0 Å². The van der Waals surface area contributed by atoms with E-state index in [1.807, 2.05) is 24.3 Å². The molecular formula is C21H31ClN2O. The zero-order valence-electron chi connectivity index (χ0n) is 15.7. The van der Waals surface area contributed by atoms with Crippen LogP contribution in [0.1, 0.15) is 59.3 Å². The zero-order chi connectivity index (χ0) is 18.0. The highest BCUT2D eigenvalue weighted by molar-refractivity contribution is 6.30. The van der Waals surface area contributed by atoms with Crippen LogP contribution in [0.15, 0.2) is 24.3 Å². The first-order valence-corrected chi connectivity index (χ1v) is 10.0. The van der Waals surface area contributed by atoms with Crippen LogP contribution in [-0.2, 0) is 4.79 Å². The third-order valence-corrected chi connectivity index (χ3v) is 6.26. The molecule has 0 unspecified atom stereocenters. The first-order valence-electron chi connectivity index (χ1n) is 9.67. The van der Waals surface area contributed by atoms with Gasteiger partial charge in [-0.15, -0.1) is 0 Å². The number of anilines is 1. The molecule has 25 heavy (non-hydrogen) atoms. The fraction of sp³-hybridized carbons (Fsp3) is 0.667. The standard InChI is InChI=1S/C21H31ClN2O/c1-21(2,3)15-6-10-17(11-7-15)23-20(25)19-5-4-14-24(19)18-12-8-16(22)9-13-18/h8-9,12-13,15,17,19H,4-7,10-11,14H2,1-3H3,(H,23,25)/t15?,17?,19-/m0/s1. The minimum absolute atomic E-state index is 0.0403. The van der Waals surface area contributed by atoms with Crippen LogP contribution in [0.5, 0.6) is 0 Å². The Morgan fingerprint density at radius 3 is 2.32 bits per heavy atom. The van der Waals surface area contributed by atoms with E-state index in [9.17, 15) is 4.79 Å². The van der Waals surface area contributed by atoms with Gasteiger partial charge in [-0.05, 0) is 74.1 Å². The van der Waals surface area contributed by atoms with Gasteiger partial charge in [0.2, 0.25) is 5.91 Å². The molecule has 1 aliphatic carbocycles. The molecule has 2 aliphatic rings. The molecule has 1 N–H and O–H groups in total. The lowest BCUT2D eigenvalue weighted by Crippen LogP contribution is -2.48. The van der Waals surface area contributed by atoms with Crippen molar-refractivity contribution < 1.29 is 4.79 Å². The van der Waals surface area contributed by atoms with E-state index in [-0.39, 0.29) is 11.9 Å². The molecule has 0 bridgehead atoms. The van der Waals surface area contributed by atoms with Crippen molar-refractivity contribution in [1.82, 2.24) is 5.32 Å². The quantitative estimate of drug-likeness (QED) is 0.817. The topological polar surface area (TPSA) is 32.3 Å². The second-order valence-electron chi connectivity index (χ2n) is 8.75. The van der Waals surface area contributed by atoms with Crippen molar-refractivity contribution in [2.24, 2.45) is 11.3 Å². The van der Waals surface area contributed by atoms with Gasteiger partial charge in [-0.3, -0.25) is 4.79 Å². The fourth-order valence-corrected chi connectivity index (χ4v) is 4.51. The number of nitrogens with one attached hydrogen (secondary N) is 1. The average molecular weight is 363 g/mol. The molecule has 0 aromatic heterocycles. The number of carbonyl (C=O) groups is 1. The van der Waals surface area contributed by atoms with Crippen LogP contribution < -0.4 is 10.2 Å². The van der Waals surface area contributed by atoms with Crippen molar-refractivity contribution in [3.63, 3.8) is 0 Å². The lowest BCUT2D eigenvalue weighted by Gasteiger charge is -2.37. The molecule has 1 saturated heterocycles. The number of carbonyl (C=O) groups excluding carboxylic acids is 1. The molecule has 1 heterocycles. The molecule has 4 heteroatoms. The summed E-state index contributed by atoms with van der Waals surface area (Å²) in [5, 5.41) is 4.07. The van der Waals surface area contributed by atoms with E-state index < -0.39 is 0 Å². The number of hydrogen-bond acceptors (Lipinski definition) is 2. The van der Waals surface area contributed by atoms with E-state index in [1.165, 1.54) is 12.8 Å². The third-order valence-electron chi connectivity index (χ3n) is 6.01. The van der Waals surface area contributed by atoms with Gasteiger partial charge in [-0.25, -0.2) is 0 Å². The summed E-state index contributed by atoms with van der Waals surface area (Å²) < 4.78 is 0. The summed E-state index contributed by atoms with van der Waals surface area (Å²) in [5.41, 5.74) is 1.48. The van der Waals surface area contributed by atoms with E-state index >= 15 is 0 Å². The minimum atomic E-state index is -0.0403. The van der Waals surface area contributed by atoms with Gasteiger partial charge in [0, 0.05) is 23.3 Å². The van der Waals surface area contributed by atoms with Crippen molar-refractivity contribution in [2.75, 3.05) is 11.4 Å². The van der Waals surface area contributed by atoms with Crippen molar-refractivity contribution in [3.05, 3.63) is 29.3 Å². The summed E-state index contributed by atoms with van der Waals surface area (Å²) in [7, 11) is 0. The van der Waals surface area contributed by atoms with E-state index in [1.54, 1.807) is 0 Å². The van der Waals surface area contributed by atoms with Crippen LogP contribution in [0, 0.1) is 11.3 Å². The predicted molar refractivity (Wildman–Crippen MR) is 105 cm³/mol. The summed E-state index contributed by atoms with van der Waals surface area (Å²) in [6.07, 6.45) is 6.67. The van der Waals surface area contributed by atoms with Gasteiger partial charge in [0.1, 0.15) is 6.04 Å². The van der Waals surface area contributed by atoms with Crippen molar-refractivity contribution in [3.8, 4) is 0 Å². The van der Waals surface area contributed by atoms with Crippen LogP contribution in [-0.4, -0.2) is 24.5 Å². The lowest BCUT2D eigenvalue weighted by atomic mass is 9.71. The van der Waals surface area contributed by atoms with E-state index in [4.69, 9.17) is 11.6 Å². The number of amides is 1. The number of halogens is 1. The number of hydrogen-bond donors (Lipinski definition) is 1. The first-order chi connectivity index (χ1) is 11.8. The monoisotopic (exact) mass is 362 g/mol. The zero-order valence-corrected chi connectivity index (χ0v) is 16.5. The molecule has 1 saturated carbocycles. The van der Waals surface area contributed by atoms with Crippen LogP contribution in [0.25, 0.3) is 0 Å². The molecule has 2 fully saturated rings. The molecule has 138 valence electrons. The normalized spacial score (nSPS) is 27.4. The molecule has 1 aromatic carbocycles. The van der Waals surface area contributed by atoms with E-state index in [0.717, 1.165) is 48.9 Å². The minimum Gasteiger partial charge on any atom is -0.360 e. The summed E-state index contributed by atoms with van der Waals surface area (Å²) in [5.74, 6) is 0.976. The Kier molecular flexibility index (Phi) is 5.62. The highest BCUT2D eigenvalue weighted by Gasteiger charge is 2.34. The van der Waals surface area contributed by atoms with Gasteiger partial charge >= 0.3 is 0 Å². The molecular weight excluding hydrogens is 332 g/mol. The fourth-order valence-electron chi connectivity index (χ4n) is 4.38. The number of nitrogens with zero attached hydrogens (tertiary/aromatic N) is 1. The van der Waals surface area contributed by atoms with Crippen LogP contribution in [0.4, 0.5) is 5.69 Å². The Morgan fingerprint density at radius 2 is 1.72 bits per heavy atom. The third kappa shape index (κ3) is 4.49. The Morgan fingerprint density at radius 1 is 1.08 bits per heavy atom. The molecule has 0 spiro atoms. The van der Waals surface area contributed by atoms with Gasteiger partial charge in [-0.2, -0.15) is 0 Å². The maximum absolute atomic E-state index is 12.9. The SMILES string of the molecule is CC(C)(C)C1CCC(NC(=O)[C@@H]2CCCN2c2ccc(Cl)cc2)CC1. The largest absolute Gasteiger partial charge is 0.360 e. The molecule has 1 atom stereocenters. The molecule has 0 radical (unpaired) electrons. The summed E-state index contributed by atoms with van der Waals surface area (Å²) in [4.78, 5) is 15.1. The highest BCUT2D eigenvalue weighted by Crippen LogP contribution is 2.38. The first kappa shape index (κ1) is 18.6. The van der Waals surface area contributed by atoms with Crippen LogP contribution in [0.2, 0.25) is 5.02 Å². The van der Waals surface area contributed by atoms with Gasteiger partial charge in [-0.1, -0.05) is 32.4 Å². The van der Waals surface area contributed by atoms with E-state index in [0.29, 0.717) is 11.5 Å². The maximum atomic E-state index is 12.9. The summed E-state index contributed by atoms with van der Waals surface area (Å²) in [6.45, 7) is 7.94. The Balaban J connectivity index is 1.57. The van der Waals surface area contributed by atoms with Crippen LogP contribution >= 0.6 is 11.6 Å². The van der Waals surface area contributed by atoms with Crippen molar-refractivity contribution >= 4 is 23.2 Å². The lowest BCUT2D eigenvalue weighted by molar-refractivity contribution is -0.123. The highest BCUT2D eigenvalue weighted by atomic mass is 35.5.